The number of nitrogens with one attached hydrogen (secondary N) is 1. The van der Waals surface area contributed by atoms with E-state index < -0.39 is 0 Å². The topological polar surface area (TPSA) is 57.5 Å². The van der Waals surface area contributed by atoms with E-state index in [1.54, 1.807) is 18.3 Å². The third-order valence-electron chi connectivity index (χ3n) is 3.67. The van der Waals surface area contributed by atoms with Gasteiger partial charge in [0.25, 0.3) is 0 Å². The second-order valence-corrected chi connectivity index (χ2v) is 5.75. The summed E-state index contributed by atoms with van der Waals surface area (Å²) in [5.41, 5.74) is 9.28. The maximum absolute atomic E-state index is 9.29. The summed E-state index contributed by atoms with van der Waals surface area (Å²) in [7, 11) is 0. The molecule has 3 rings (SSSR count). The number of rotatable bonds is 3. The van der Waals surface area contributed by atoms with Gasteiger partial charge in [-0.05, 0) is 68.3 Å². The number of nitrogens with zero attached hydrogens (tertiary/aromatic N) is 2. The molecule has 0 saturated carbocycles. The van der Waals surface area contributed by atoms with Gasteiger partial charge in [0, 0.05) is 11.1 Å². The summed E-state index contributed by atoms with van der Waals surface area (Å²) in [5.74, 6) is 0.247. The van der Waals surface area contributed by atoms with Crippen molar-refractivity contribution in [1.82, 2.24) is 4.98 Å². The van der Waals surface area contributed by atoms with E-state index in [2.05, 4.69) is 41.5 Å². The Morgan fingerprint density at radius 2 is 1.78 bits per heavy atom. The normalized spacial score (nSPS) is 11.3. The highest BCUT2D eigenvalue weighted by atomic mass is 16.3. The standard InChI is InChI=1S/C19H19N3O/c1-12-8-13(2)19-17(9-12)18(10-14(3)21-19)22-20-11-15-4-6-16(23)7-5-15/h4-11,23H,1-3H3,(H,21,22)/b20-11+. The lowest BCUT2D eigenvalue weighted by Crippen LogP contribution is -1.96. The summed E-state index contributed by atoms with van der Waals surface area (Å²) in [5, 5.41) is 14.7. The van der Waals surface area contributed by atoms with Gasteiger partial charge >= 0.3 is 0 Å². The first-order valence-electron chi connectivity index (χ1n) is 7.49. The average Bonchev–Trinajstić information content (AvgIpc) is 2.50. The largest absolute Gasteiger partial charge is 0.508 e. The first-order valence-corrected chi connectivity index (χ1v) is 7.49. The number of hydrogen-bond donors (Lipinski definition) is 2. The van der Waals surface area contributed by atoms with Gasteiger partial charge in [0.1, 0.15) is 5.75 Å². The van der Waals surface area contributed by atoms with Crippen LogP contribution in [0.1, 0.15) is 22.4 Å². The first kappa shape index (κ1) is 15.0. The smallest absolute Gasteiger partial charge is 0.115 e. The van der Waals surface area contributed by atoms with Gasteiger partial charge in [-0.25, -0.2) is 0 Å². The van der Waals surface area contributed by atoms with Crippen molar-refractivity contribution in [2.75, 3.05) is 5.43 Å². The zero-order chi connectivity index (χ0) is 16.4. The maximum Gasteiger partial charge on any atom is 0.115 e. The van der Waals surface area contributed by atoms with E-state index in [1.165, 1.54) is 5.56 Å². The molecule has 0 radical (unpaired) electrons. The SMILES string of the molecule is Cc1cc(C)c2nc(C)cc(N/N=C/c3ccc(O)cc3)c2c1. The number of aromatic hydroxyl groups is 1. The van der Waals surface area contributed by atoms with E-state index in [4.69, 9.17) is 0 Å². The number of anilines is 1. The van der Waals surface area contributed by atoms with Gasteiger partial charge in [-0.15, -0.1) is 0 Å². The number of hydrazone groups is 1. The molecule has 2 N–H and O–H groups in total. The average molecular weight is 305 g/mol. The van der Waals surface area contributed by atoms with E-state index in [0.29, 0.717) is 0 Å². The number of phenols is 1. The molecule has 0 fully saturated rings. The van der Waals surface area contributed by atoms with Crippen molar-refractivity contribution in [1.29, 1.82) is 0 Å². The molecule has 0 aliphatic carbocycles. The Morgan fingerprint density at radius 1 is 1.04 bits per heavy atom. The molecular weight excluding hydrogens is 286 g/mol. The number of aryl methyl sites for hydroxylation is 3. The van der Waals surface area contributed by atoms with Crippen LogP contribution in [-0.2, 0) is 0 Å². The van der Waals surface area contributed by atoms with E-state index in [9.17, 15) is 5.11 Å². The first-order chi connectivity index (χ1) is 11.0. The van der Waals surface area contributed by atoms with Crippen LogP contribution in [0.4, 0.5) is 5.69 Å². The van der Waals surface area contributed by atoms with Crippen LogP contribution < -0.4 is 5.43 Å². The van der Waals surface area contributed by atoms with Crippen molar-refractivity contribution in [2.45, 2.75) is 20.8 Å². The Kier molecular flexibility index (Phi) is 3.98. The fourth-order valence-electron chi connectivity index (χ4n) is 2.64. The summed E-state index contributed by atoms with van der Waals surface area (Å²) in [6.45, 7) is 6.13. The maximum atomic E-state index is 9.29. The van der Waals surface area contributed by atoms with E-state index in [1.807, 2.05) is 25.1 Å². The van der Waals surface area contributed by atoms with Gasteiger partial charge in [0.2, 0.25) is 0 Å². The minimum absolute atomic E-state index is 0.247. The summed E-state index contributed by atoms with van der Waals surface area (Å²) in [6.07, 6.45) is 1.73. The number of pyridine rings is 1. The van der Waals surface area contributed by atoms with E-state index in [-0.39, 0.29) is 5.75 Å². The molecule has 116 valence electrons. The van der Waals surface area contributed by atoms with E-state index >= 15 is 0 Å². The molecule has 0 saturated heterocycles. The number of benzene rings is 2. The van der Waals surface area contributed by atoms with Crippen LogP contribution in [0, 0.1) is 20.8 Å². The van der Waals surface area contributed by atoms with Crippen molar-refractivity contribution in [3.63, 3.8) is 0 Å². The molecule has 0 atom stereocenters. The summed E-state index contributed by atoms with van der Waals surface area (Å²) in [4.78, 5) is 4.63. The van der Waals surface area contributed by atoms with Gasteiger partial charge < -0.3 is 5.11 Å². The van der Waals surface area contributed by atoms with Crippen molar-refractivity contribution in [3.05, 3.63) is 64.8 Å². The Morgan fingerprint density at radius 3 is 2.52 bits per heavy atom. The molecule has 4 nitrogen and oxygen atoms in total. The molecular formula is C19H19N3O. The molecule has 1 heterocycles. The van der Waals surface area contributed by atoms with Gasteiger partial charge in [-0.3, -0.25) is 10.4 Å². The molecule has 23 heavy (non-hydrogen) atoms. The highest BCUT2D eigenvalue weighted by molar-refractivity contribution is 5.94. The highest BCUT2D eigenvalue weighted by Crippen LogP contribution is 2.27. The van der Waals surface area contributed by atoms with Crippen LogP contribution in [0.2, 0.25) is 0 Å². The Labute approximate surface area is 135 Å². The van der Waals surface area contributed by atoms with Crippen LogP contribution in [-0.4, -0.2) is 16.3 Å². The molecule has 0 bridgehead atoms. The molecule has 0 spiro atoms. The van der Waals surface area contributed by atoms with Crippen LogP contribution in [0.15, 0.2) is 47.6 Å². The molecule has 0 aliphatic rings. The van der Waals surface area contributed by atoms with Crippen LogP contribution >= 0.6 is 0 Å². The minimum Gasteiger partial charge on any atom is -0.508 e. The fourth-order valence-corrected chi connectivity index (χ4v) is 2.64. The second-order valence-electron chi connectivity index (χ2n) is 5.75. The second kappa shape index (κ2) is 6.08. The van der Waals surface area contributed by atoms with Crippen molar-refractivity contribution >= 4 is 22.8 Å². The molecule has 0 amide bonds. The number of hydrogen-bond acceptors (Lipinski definition) is 4. The third kappa shape index (κ3) is 3.31. The quantitative estimate of drug-likeness (QED) is 0.560. The third-order valence-corrected chi connectivity index (χ3v) is 3.67. The molecule has 0 unspecified atom stereocenters. The summed E-state index contributed by atoms with van der Waals surface area (Å²) in [6, 6.07) is 13.1. The van der Waals surface area contributed by atoms with Crippen LogP contribution in [0.3, 0.4) is 0 Å². The van der Waals surface area contributed by atoms with Crippen LogP contribution in [0.5, 0.6) is 5.75 Å². The van der Waals surface area contributed by atoms with Gasteiger partial charge in [0.05, 0.1) is 17.4 Å². The lowest BCUT2D eigenvalue weighted by atomic mass is 10.1. The van der Waals surface area contributed by atoms with Crippen LogP contribution in [0.25, 0.3) is 10.9 Å². The summed E-state index contributed by atoms with van der Waals surface area (Å²) >= 11 is 0. The summed E-state index contributed by atoms with van der Waals surface area (Å²) < 4.78 is 0. The Hall–Kier alpha value is -2.88. The Balaban J connectivity index is 1.94. The lowest BCUT2D eigenvalue weighted by Gasteiger charge is -2.10. The Bertz CT molecular complexity index is 883. The lowest BCUT2D eigenvalue weighted by molar-refractivity contribution is 0.475. The number of fused-ring (bicyclic) bond motifs is 1. The van der Waals surface area contributed by atoms with E-state index in [0.717, 1.165) is 33.4 Å². The minimum atomic E-state index is 0.247. The number of aromatic nitrogens is 1. The van der Waals surface area contributed by atoms with Crippen molar-refractivity contribution in [3.8, 4) is 5.75 Å². The molecule has 3 aromatic rings. The van der Waals surface area contributed by atoms with Crippen molar-refractivity contribution < 1.29 is 5.11 Å². The predicted octanol–water partition coefficient (Wildman–Crippen LogP) is 4.31. The molecule has 0 aliphatic heterocycles. The zero-order valence-corrected chi connectivity index (χ0v) is 13.5. The molecule has 4 heteroatoms. The zero-order valence-electron chi connectivity index (χ0n) is 13.5. The molecule has 2 aromatic carbocycles. The number of phenolic OH excluding ortho intramolecular Hbond substituents is 1. The monoisotopic (exact) mass is 305 g/mol. The highest BCUT2D eigenvalue weighted by Gasteiger charge is 2.06. The van der Waals surface area contributed by atoms with Gasteiger partial charge in [0.15, 0.2) is 0 Å². The predicted molar refractivity (Wildman–Crippen MR) is 95.3 cm³/mol. The molecule has 1 aromatic heterocycles. The van der Waals surface area contributed by atoms with Crippen molar-refractivity contribution in [2.24, 2.45) is 5.10 Å². The fraction of sp³-hybridized carbons (Fsp3) is 0.158. The van der Waals surface area contributed by atoms with Gasteiger partial charge in [-0.2, -0.15) is 5.10 Å². The van der Waals surface area contributed by atoms with Gasteiger partial charge in [-0.1, -0.05) is 11.6 Å².